The fourth-order valence-corrected chi connectivity index (χ4v) is 3.63. The van der Waals surface area contributed by atoms with Gasteiger partial charge in [0.05, 0.1) is 13.1 Å². The van der Waals surface area contributed by atoms with Crippen LogP contribution >= 0.6 is 0 Å². The van der Waals surface area contributed by atoms with E-state index in [1.165, 1.54) is 30.6 Å². The van der Waals surface area contributed by atoms with E-state index in [2.05, 4.69) is 58.7 Å². The number of benzene rings is 2. The summed E-state index contributed by atoms with van der Waals surface area (Å²) in [5, 5.41) is 6.64. The highest BCUT2D eigenvalue weighted by atomic mass is 16.5. The molecule has 2 N–H and O–H groups in total. The number of nitrogens with zero attached hydrogens (tertiary/aromatic N) is 3. The van der Waals surface area contributed by atoms with Crippen LogP contribution in [0.25, 0.3) is 0 Å². The van der Waals surface area contributed by atoms with Crippen LogP contribution in [0, 0.1) is 0 Å². The Kier molecular flexibility index (Phi) is 9.67. The molecule has 2 aromatic carbocycles. The predicted octanol–water partition coefficient (Wildman–Crippen LogP) is 2.96. The average Bonchev–Trinajstić information content (AvgIpc) is 3.00. The van der Waals surface area contributed by atoms with Crippen molar-refractivity contribution in [2.75, 3.05) is 52.9 Å². The Balaban J connectivity index is 1.44. The molecule has 0 atom stereocenters. The van der Waals surface area contributed by atoms with Crippen LogP contribution in [-0.4, -0.2) is 68.7 Å². The van der Waals surface area contributed by atoms with Crippen molar-refractivity contribution in [3.63, 3.8) is 0 Å². The summed E-state index contributed by atoms with van der Waals surface area (Å²) in [7, 11) is 2.21. The van der Waals surface area contributed by atoms with Crippen LogP contribution in [-0.2, 0) is 13.1 Å². The first-order valence-electron chi connectivity index (χ1n) is 11.4. The van der Waals surface area contributed by atoms with Gasteiger partial charge in [-0.25, -0.2) is 4.99 Å². The van der Waals surface area contributed by atoms with Gasteiger partial charge < -0.3 is 20.3 Å². The van der Waals surface area contributed by atoms with Crippen molar-refractivity contribution in [1.29, 1.82) is 0 Å². The molecule has 1 saturated heterocycles. The Morgan fingerprint density at radius 1 is 0.935 bits per heavy atom. The molecule has 0 amide bonds. The minimum Gasteiger partial charge on any atom is -0.492 e. The second-order valence-corrected chi connectivity index (χ2v) is 8.03. The lowest BCUT2D eigenvalue weighted by molar-refractivity contribution is 0.269. The van der Waals surface area contributed by atoms with Crippen LogP contribution in [0.5, 0.6) is 5.75 Å². The fourth-order valence-electron chi connectivity index (χ4n) is 3.63. The summed E-state index contributed by atoms with van der Waals surface area (Å²) >= 11 is 0. The largest absolute Gasteiger partial charge is 0.492 e. The van der Waals surface area contributed by atoms with Gasteiger partial charge in [0.15, 0.2) is 5.96 Å². The molecule has 0 unspecified atom stereocenters. The maximum atomic E-state index is 5.73. The zero-order valence-corrected chi connectivity index (χ0v) is 19.0. The smallest absolute Gasteiger partial charge is 0.191 e. The third-order valence-electron chi connectivity index (χ3n) is 5.41. The Labute approximate surface area is 187 Å². The van der Waals surface area contributed by atoms with Crippen molar-refractivity contribution in [2.45, 2.75) is 26.4 Å². The average molecular weight is 424 g/mol. The van der Waals surface area contributed by atoms with Crippen LogP contribution in [0.15, 0.2) is 59.6 Å². The van der Waals surface area contributed by atoms with E-state index in [0.717, 1.165) is 37.9 Å². The van der Waals surface area contributed by atoms with Gasteiger partial charge in [-0.05, 0) is 56.7 Å². The monoisotopic (exact) mass is 423 g/mol. The third kappa shape index (κ3) is 8.59. The fraction of sp³-hybridized carbons (Fsp3) is 0.480. The SMILES string of the molecule is CCNC(=NCc1ccc(CN2CCCN(C)CC2)cc1)NCCOc1ccccc1. The van der Waals surface area contributed by atoms with Gasteiger partial charge >= 0.3 is 0 Å². The summed E-state index contributed by atoms with van der Waals surface area (Å²) < 4.78 is 5.73. The van der Waals surface area contributed by atoms with Gasteiger partial charge in [-0.2, -0.15) is 0 Å². The Bertz CT molecular complexity index is 778. The van der Waals surface area contributed by atoms with Crippen LogP contribution in [0.4, 0.5) is 0 Å². The summed E-state index contributed by atoms with van der Waals surface area (Å²) in [6.07, 6.45) is 1.25. The molecule has 1 aliphatic heterocycles. The molecule has 1 fully saturated rings. The van der Waals surface area contributed by atoms with Crippen molar-refractivity contribution in [3.8, 4) is 5.75 Å². The van der Waals surface area contributed by atoms with E-state index < -0.39 is 0 Å². The molecule has 0 radical (unpaired) electrons. The molecule has 1 heterocycles. The molecule has 0 saturated carbocycles. The van der Waals surface area contributed by atoms with E-state index in [9.17, 15) is 0 Å². The minimum absolute atomic E-state index is 0.593. The summed E-state index contributed by atoms with van der Waals surface area (Å²) in [5.41, 5.74) is 2.59. The number of guanidine groups is 1. The van der Waals surface area contributed by atoms with E-state index in [1.807, 2.05) is 30.3 Å². The van der Waals surface area contributed by atoms with Crippen molar-refractivity contribution in [1.82, 2.24) is 20.4 Å². The quantitative estimate of drug-likeness (QED) is 0.369. The number of para-hydroxylation sites is 1. The third-order valence-corrected chi connectivity index (χ3v) is 5.41. The minimum atomic E-state index is 0.593. The van der Waals surface area contributed by atoms with Crippen LogP contribution < -0.4 is 15.4 Å². The van der Waals surface area contributed by atoms with Crippen molar-refractivity contribution in [2.24, 2.45) is 4.99 Å². The molecule has 0 aliphatic carbocycles. The zero-order valence-electron chi connectivity index (χ0n) is 19.0. The highest BCUT2D eigenvalue weighted by Gasteiger charge is 2.12. The number of ether oxygens (including phenoxy) is 1. The van der Waals surface area contributed by atoms with E-state index >= 15 is 0 Å². The first-order valence-corrected chi connectivity index (χ1v) is 11.4. The summed E-state index contributed by atoms with van der Waals surface area (Å²) in [5.74, 6) is 1.70. The molecule has 0 bridgehead atoms. The molecule has 6 nitrogen and oxygen atoms in total. The molecule has 31 heavy (non-hydrogen) atoms. The second kappa shape index (κ2) is 13.0. The van der Waals surface area contributed by atoms with Crippen molar-refractivity contribution in [3.05, 3.63) is 65.7 Å². The highest BCUT2D eigenvalue weighted by Crippen LogP contribution is 2.11. The van der Waals surface area contributed by atoms with E-state index in [1.54, 1.807) is 0 Å². The number of likely N-dealkylation sites (N-methyl/N-ethyl adjacent to an activating group) is 1. The Hall–Kier alpha value is -2.57. The molecule has 6 heteroatoms. The van der Waals surface area contributed by atoms with Crippen molar-refractivity contribution < 1.29 is 4.74 Å². The van der Waals surface area contributed by atoms with Gasteiger partial charge in [0.25, 0.3) is 0 Å². The number of aliphatic imine (C=N–C) groups is 1. The van der Waals surface area contributed by atoms with Gasteiger partial charge in [-0.3, -0.25) is 4.90 Å². The number of hydrogen-bond acceptors (Lipinski definition) is 4. The summed E-state index contributed by atoms with van der Waals surface area (Å²) in [6.45, 7) is 10.6. The molecule has 2 aromatic rings. The lowest BCUT2D eigenvalue weighted by atomic mass is 10.1. The molecular weight excluding hydrogens is 386 g/mol. The predicted molar refractivity (Wildman–Crippen MR) is 129 cm³/mol. The second-order valence-electron chi connectivity index (χ2n) is 8.03. The molecule has 168 valence electrons. The molecule has 3 rings (SSSR count). The lowest BCUT2D eigenvalue weighted by Gasteiger charge is -2.20. The maximum Gasteiger partial charge on any atom is 0.191 e. The van der Waals surface area contributed by atoms with E-state index in [-0.39, 0.29) is 0 Å². The highest BCUT2D eigenvalue weighted by molar-refractivity contribution is 5.79. The summed E-state index contributed by atoms with van der Waals surface area (Å²) in [4.78, 5) is 9.70. The molecule has 1 aliphatic rings. The maximum absolute atomic E-state index is 5.73. The zero-order chi connectivity index (χ0) is 21.7. The van der Waals surface area contributed by atoms with Crippen LogP contribution in [0.2, 0.25) is 0 Å². The van der Waals surface area contributed by atoms with Gasteiger partial charge in [0.2, 0.25) is 0 Å². The molecule has 0 aromatic heterocycles. The van der Waals surface area contributed by atoms with Gasteiger partial charge in [0, 0.05) is 26.2 Å². The number of nitrogens with one attached hydrogen (secondary N) is 2. The van der Waals surface area contributed by atoms with E-state index in [4.69, 9.17) is 9.73 Å². The normalized spacial score (nSPS) is 16.0. The van der Waals surface area contributed by atoms with E-state index in [0.29, 0.717) is 19.7 Å². The van der Waals surface area contributed by atoms with Gasteiger partial charge in [-0.1, -0.05) is 42.5 Å². The molecule has 0 spiro atoms. The molecular formula is C25H37N5O. The Morgan fingerprint density at radius 2 is 1.71 bits per heavy atom. The number of hydrogen-bond donors (Lipinski definition) is 2. The first kappa shape index (κ1) is 23.1. The standard InChI is InChI=1S/C25H37N5O/c1-3-26-25(27-14-19-31-24-8-5-4-6-9-24)28-20-22-10-12-23(13-11-22)21-30-16-7-15-29(2)17-18-30/h4-6,8-13H,3,7,14-21H2,1-2H3,(H2,26,27,28). The Morgan fingerprint density at radius 3 is 2.48 bits per heavy atom. The van der Waals surface area contributed by atoms with Crippen molar-refractivity contribution >= 4 is 5.96 Å². The van der Waals surface area contributed by atoms with Gasteiger partial charge in [0.1, 0.15) is 12.4 Å². The lowest BCUT2D eigenvalue weighted by Crippen LogP contribution is -2.39. The number of rotatable bonds is 9. The van der Waals surface area contributed by atoms with Crippen LogP contribution in [0.1, 0.15) is 24.5 Å². The summed E-state index contributed by atoms with van der Waals surface area (Å²) in [6, 6.07) is 18.8. The topological polar surface area (TPSA) is 52.1 Å². The first-order chi connectivity index (χ1) is 15.2. The van der Waals surface area contributed by atoms with Crippen LogP contribution in [0.3, 0.4) is 0 Å². The van der Waals surface area contributed by atoms with Gasteiger partial charge in [-0.15, -0.1) is 0 Å².